The highest BCUT2D eigenvalue weighted by Gasteiger charge is 2.45. The van der Waals surface area contributed by atoms with Crippen LogP contribution in [0.5, 0.6) is 0 Å². The van der Waals surface area contributed by atoms with E-state index in [4.69, 9.17) is 9.26 Å². The van der Waals surface area contributed by atoms with E-state index in [2.05, 4.69) is 0 Å². The topological polar surface area (TPSA) is 151 Å². The molecule has 12 heteroatoms. The molecule has 1 aliphatic rings. The summed E-state index contributed by atoms with van der Waals surface area (Å²) in [4.78, 5) is 34.1. The second-order valence-corrected chi connectivity index (χ2v) is 7.68. The van der Waals surface area contributed by atoms with E-state index in [1.165, 1.54) is 0 Å². The van der Waals surface area contributed by atoms with Gasteiger partial charge >= 0.3 is 13.3 Å². The van der Waals surface area contributed by atoms with E-state index in [9.17, 15) is 33.7 Å². The van der Waals surface area contributed by atoms with Gasteiger partial charge in [0.25, 0.3) is 5.56 Å². The Labute approximate surface area is 141 Å². The molecule has 4 N–H and O–H groups in total. The van der Waals surface area contributed by atoms with Gasteiger partial charge in [0.1, 0.15) is 18.3 Å². The monoisotopic (exact) mass is 382 g/mol. The molecule has 2 rings (SSSR count). The molecular weight excluding hydrogens is 362 g/mol. The largest absolute Gasteiger partial charge is 0.387 e. The molecule has 142 valence electrons. The minimum Gasteiger partial charge on any atom is -0.387 e. The number of aromatic amines is 1. The molecule has 0 spiro atoms. The lowest BCUT2D eigenvalue weighted by Crippen LogP contribution is -2.38. The summed E-state index contributed by atoms with van der Waals surface area (Å²) in [5.74, 6) is -1.27. The molecule has 1 unspecified atom stereocenters. The van der Waals surface area contributed by atoms with E-state index in [0.29, 0.717) is 23.6 Å². The number of aliphatic hydroxyl groups excluding tert-OH is 2. The fraction of sp³-hybridized carbons (Fsp3) is 0.692. The van der Waals surface area contributed by atoms with E-state index < -0.39 is 55.8 Å². The van der Waals surface area contributed by atoms with Crippen molar-refractivity contribution < 1.29 is 33.3 Å². The molecule has 1 fully saturated rings. The average Bonchev–Trinajstić information content (AvgIpc) is 2.83. The number of rotatable bonds is 7. The third-order valence-corrected chi connectivity index (χ3v) is 5.20. The summed E-state index contributed by atoms with van der Waals surface area (Å²) in [6, 6.07) is 0. The van der Waals surface area contributed by atoms with Crippen molar-refractivity contribution in [1.82, 2.24) is 9.55 Å². The van der Waals surface area contributed by atoms with Crippen molar-refractivity contribution in [2.45, 2.75) is 44.3 Å². The number of unbranched alkanes of at least 4 members (excludes halogenated alkanes) is 1. The standard InChI is InChI=1S/C13H20FN2O8P/c1-2-3-4-25(21,22)23-6-8-9(17)10(18)12(24-8)16-5-7(14)11(19)15-13(16)20/h5,8-10,12,17-18H,2-4,6H2,1H3,(H,21,22)(H,15,19,20)/t8-,9-,10-,12-/m1/s1. The highest BCUT2D eigenvalue weighted by molar-refractivity contribution is 7.52. The Kier molecular flexibility index (Phi) is 6.30. The van der Waals surface area contributed by atoms with Crippen molar-refractivity contribution in [3.8, 4) is 0 Å². The van der Waals surface area contributed by atoms with Crippen molar-refractivity contribution >= 4 is 7.60 Å². The summed E-state index contributed by atoms with van der Waals surface area (Å²) in [6.45, 7) is 1.33. The predicted molar refractivity (Wildman–Crippen MR) is 82.8 cm³/mol. The van der Waals surface area contributed by atoms with Crippen LogP contribution in [0.3, 0.4) is 0 Å². The van der Waals surface area contributed by atoms with E-state index in [1.54, 1.807) is 4.98 Å². The van der Waals surface area contributed by atoms with Crippen molar-refractivity contribution in [2.75, 3.05) is 12.8 Å². The van der Waals surface area contributed by atoms with Gasteiger partial charge in [0.2, 0.25) is 5.82 Å². The molecule has 0 saturated carbocycles. The van der Waals surface area contributed by atoms with Crippen LogP contribution in [-0.4, -0.2) is 55.7 Å². The van der Waals surface area contributed by atoms with Crippen molar-refractivity contribution in [3.05, 3.63) is 32.9 Å². The van der Waals surface area contributed by atoms with Gasteiger partial charge in [0.05, 0.1) is 12.8 Å². The Hall–Kier alpha value is -1.36. The second kappa shape index (κ2) is 7.90. The van der Waals surface area contributed by atoms with Gasteiger partial charge in [-0.05, 0) is 6.42 Å². The van der Waals surface area contributed by atoms with Crippen LogP contribution in [-0.2, 0) is 13.8 Å². The van der Waals surface area contributed by atoms with E-state index in [-0.39, 0.29) is 6.16 Å². The molecule has 0 amide bonds. The summed E-state index contributed by atoms with van der Waals surface area (Å²) in [7, 11) is -3.87. The average molecular weight is 382 g/mol. The Balaban J connectivity index is 2.11. The van der Waals surface area contributed by atoms with Crippen LogP contribution >= 0.6 is 7.60 Å². The number of hydrogen-bond acceptors (Lipinski definition) is 7. The van der Waals surface area contributed by atoms with Crippen LogP contribution in [0.2, 0.25) is 0 Å². The Morgan fingerprint density at radius 1 is 1.40 bits per heavy atom. The summed E-state index contributed by atoms with van der Waals surface area (Å²) in [6.07, 6.45) is -4.24. The van der Waals surface area contributed by atoms with E-state index >= 15 is 0 Å². The molecule has 0 aromatic carbocycles. The maximum absolute atomic E-state index is 13.4. The van der Waals surface area contributed by atoms with Gasteiger partial charge in [-0.25, -0.2) is 4.79 Å². The highest BCUT2D eigenvalue weighted by Crippen LogP contribution is 2.43. The van der Waals surface area contributed by atoms with Crippen LogP contribution in [0.25, 0.3) is 0 Å². The van der Waals surface area contributed by atoms with Crippen LogP contribution in [0.1, 0.15) is 26.0 Å². The van der Waals surface area contributed by atoms with Crippen LogP contribution in [0, 0.1) is 5.82 Å². The SMILES string of the molecule is CCCCP(=O)(O)OC[C@H]1O[C@@H](n2cc(F)c(=O)[nH]c2=O)[C@H](O)[C@@H]1O. The molecule has 1 saturated heterocycles. The minimum absolute atomic E-state index is 0.0666. The number of aliphatic hydroxyl groups is 2. The summed E-state index contributed by atoms with van der Waals surface area (Å²) >= 11 is 0. The molecule has 1 aromatic rings. The number of halogens is 1. The Morgan fingerprint density at radius 2 is 2.08 bits per heavy atom. The molecule has 0 bridgehead atoms. The first-order valence-electron chi connectivity index (χ1n) is 7.65. The third-order valence-electron chi connectivity index (χ3n) is 3.77. The molecule has 2 heterocycles. The molecule has 10 nitrogen and oxygen atoms in total. The highest BCUT2D eigenvalue weighted by atomic mass is 31.2. The molecule has 0 aliphatic carbocycles. The zero-order valence-electron chi connectivity index (χ0n) is 13.4. The predicted octanol–water partition coefficient (Wildman–Crippen LogP) is -0.703. The van der Waals surface area contributed by atoms with Gasteiger partial charge in [-0.3, -0.25) is 18.9 Å². The molecular formula is C13H20FN2O8P. The zero-order valence-corrected chi connectivity index (χ0v) is 14.3. The fourth-order valence-electron chi connectivity index (χ4n) is 2.36. The third kappa shape index (κ3) is 4.63. The van der Waals surface area contributed by atoms with Gasteiger partial charge < -0.3 is 24.4 Å². The number of aromatic nitrogens is 2. The Bertz CT molecular complexity index is 765. The summed E-state index contributed by atoms with van der Waals surface area (Å²) < 4.78 is 35.9. The van der Waals surface area contributed by atoms with Gasteiger partial charge in [-0.15, -0.1) is 0 Å². The number of nitrogens with zero attached hydrogens (tertiary/aromatic N) is 1. The van der Waals surface area contributed by atoms with Crippen molar-refractivity contribution in [3.63, 3.8) is 0 Å². The second-order valence-electron chi connectivity index (χ2n) is 5.70. The van der Waals surface area contributed by atoms with Crippen molar-refractivity contribution in [2.24, 2.45) is 0 Å². The van der Waals surface area contributed by atoms with Crippen LogP contribution in [0.4, 0.5) is 4.39 Å². The lowest BCUT2D eigenvalue weighted by Gasteiger charge is -2.18. The van der Waals surface area contributed by atoms with E-state index in [1.807, 2.05) is 6.92 Å². The number of nitrogens with one attached hydrogen (secondary N) is 1. The quantitative estimate of drug-likeness (QED) is 0.452. The zero-order chi connectivity index (χ0) is 18.8. The maximum atomic E-state index is 13.4. The molecule has 0 radical (unpaired) electrons. The number of hydrogen-bond donors (Lipinski definition) is 4. The first-order valence-corrected chi connectivity index (χ1v) is 9.41. The first kappa shape index (κ1) is 20.0. The van der Waals surface area contributed by atoms with Gasteiger partial charge in [0, 0.05) is 6.16 Å². The number of ether oxygens (including phenoxy) is 1. The smallest absolute Gasteiger partial charge is 0.330 e. The van der Waals surface area contributed by atoms with Crippen LogP contribution in [0.15, 0.2) is 15.8 Å². The van der Waals surface area contributed by atoms with Gasteiger partial charge in [-0.1, -0.05) is 13.3 Å². The summed E-state index contributed by atoms with van der Waals surface area (Å²) in [5, 5.41) is 20.0. The maximum Gasteiger partial charge on any atom is 0.330 e. The first-order chi connectivity index (χ1) is 11.7. The van der Waals surface area contributed by atoms with E-state index in [0.717, 1.165) is 0 Å². The summed E-state index contributed by atoms with van der Waals surface area (Å²) in [5.41, 5.74) is -2.27. The van der Waals surface area contributed by atoms with Gasteiger partial charge in [0.15, 0.2) is 6.23 Å². The lowest BCUT2D eigenvalue weighted by molar-refractivity contribution is -0.0529. The molecule has 5 atom stereocenters. The minimum atomic E-state index is -3.87. The van der Waals surface area contributed by atoms with Crippen molar-refractivity contribution in [1.29, 1.82) is 0 Å². The fourth-order valence-corrected chi connectivity index (χ4v) is 3.58. The van der Waals surface area contributed by atoms with Crippen LogP contribution < -0.4 is 11.2 Å². The number of H-pyrrole nitrogens is 1. The molecule has 25 heavy (non-hydrogen) atoms. The van der Waals surface area contributed by atoms with Gasteiger partial charge in [-0.2, -0.15) is 4.39 Å². The Morgan fingerprint density at radius 3 is 2.72 bits per heavy atom. The lowest BCUT2D eigenvalue weighted by atomic mass is 10.1. The molecule has 1 aliphatic heterocycles. The molecule has 1 aromatic heterocycles. The normalized spacial score (nSPS) is 28.8.